The van der Waals surface area contributed by atoms with E-state index in [1.807, 2.05) is 38.4 Å². The molecule has 0 spiro atoms. The number of H-pyrrole nitrogens is 1. The van der Waals surface area contributed by atoms with Gasteiger partial charge in [-0.15, -0.1) is 0 Å². The average Bonchev–Trinajstić information content (AvgIpc) is 3.14. The van der Waals surface area contributed by atoms with E-state index >= 15 is 0 Å². The van der Waals surface area contributed by atoms with Gasteiger partial charge in [0, 0.05) is 35.1 Å². The van der Waals surface area contributed by atoms with Gasteiger partial charge in [-0.1, -0.05) is 36.4 Å². The summed E-state index contributed by atoms with van der Waals surface area (Å²) in [6.07, 6.45) is 5.49. The van der Waals surface area contributed by atoms with Gasteiger partial charge >= 0.3 is 0 Å². The second kappa shape index (κ2) is 5.83. The predicted molar refractivity (Wildman–Crippen MR) is 102 cm³/mol. The van der Waals surface area contributed by atoms with Gasteiger partial charge in [0.05, 0.1) is 5.69 Å². The van der Waals surface area contributed by atoms with Crippen LogP contribution in [0.2, 0.25) is 0 Å². The number of hydrogen-bond acceptors (Lipinski definition) is 3. The number of rotatable bonds is 3. The van der Waals surface area contributed by atoms with E-state index in [1.54, 1.807) is 6.20 Å². The van der Waals surface area contributed by atoms with E-state index < -0.39 is 0 Å². The number of pyridine rings is 1. The molecule has 0 unspecified atom stereocenters. The van der Waals surface area contributed by atoms with E-state index in [4.69, 9.17) is 5.73 Å². The number of nitrogens with two attached hydrogens (primary N) is 1. The van der Waals surface area contributed by atoms with Crippen molar-refractivity contribution >= 4 is 10.8 Å². The normalized spacial score (nSPS) is 11.8. The van der Waals surface area contributed by atoms with Crippen molar-refractivity contribution in [2.24, 2.45) is 5.73 Å². The molecule has 124 valence electrons. The Bertz CT molecular complexity index is 1010. The maximum absolute atomic E-state index is 6.21. The van der Waals surface area contributed by atoms with Crippen molar-refractivity contribution in [3.63, 3.8) is 0 Å². The minimum Gasteiger partial charge on any atom is -0.322 e. The molecular formula is C21H20N4. The lowest BCUT2D eigenvalue weighted by molar-refractivity contribution is 0.554. The third kappa shape index (κ3) is 2.81. The molecule has 0 aliphatic heterocycles. The van der Waals surface area contributed by atoms with Gasteiger partial charge < -0.3 is 5.73 Å². The van der Waals surface area contributed by atoms with Crippen LogP contribution in [-0.4, -0.2) is 15.2 Å². The second-order valence-corrected chi connectivity index (χ2v) is 6.85. The average molecular weight is 328 g/mol. The van der Waals surface area contributed by atoms with E-state index in [-0.39, 0.29) is 5.54 Å². The topological polar surface area (TPSA) is 67.6 Å². The Morgan fingerprint density at radius 3 is 2.40 bits per heavy atom. The number of nitrogens with one attached hydrogen (secondary N) is 1. The van der Waals surface area contributed by atoms with Crippen molar-refractivity contribution in [2.45, 2.75) is 19.4 Å². The van der Waals surface area contributed by atoms with Crippen molar-refractivity contribution < 1.29 is 0 Å². The number of aromatic amines is 1. The first-order chi connectivity index (χ1) is 12.0. The number of aromatic nitrogens is 3. The molecule has 4 rings (SSSR count). The highest BCUT2D eigenvalue weighted by molar-refractivity contribution is 6.02. The summed E-state index contributed by atoms with van der Waals surface area (Å²) < 4.78 is 0. The molecule has 4 heteroatoms. The highest BCUT2D eigenvalue weighted by Crippen LogP contribution is 2.37. The Labute approximate surface area is 146 Å². The van der Waals surface area contributed by atoms with Crippen molar-refractivity contribution in [1.82, 2.24) is 15.2 Å². The minimum absolute atomic E-state index is 0.347. The number of benzene rings is 2. The third-order valence-corrected chi connectivity index (χ3v) is 4.53. The fourth-order valence-corrected chi connectivity index (χ4v) is 3.17. The fourth-order valence-electron chi connectivity index (χ4n) is 3.17. The molecule has 2 heterocycles. The monoisotopic (exact) mass is 328 g/mol. The Morgan fingerprint density at radius 2 is 1.72 bits per heavy atom. The second-order valence-electron chi connectivity index (χ2n) is 6.85. The molecule has 0 amide bonds. The van der Waals surface area contributed by atoms with Crippen molar-refractivity contribution in [3.05, 3.63) is 72.7 Å². The van der Waals surface area contributed by atoms with Crippen molar-refractivity contribution in [1.29, 1.82) is 0 Å². The van der Waals surface area contributed by atoms with Gasteiger partial charge in [-0.3, -0.25) is 10.1 Å². The molecule has 0 aliphatic carbocycles. The lowest BCUT2D eigenvalue weighted by Gasteiger charge is -2.20. The molecule has 0 radical (unpaired) electrons. The molecule has 0 fully saturated rings. The van der Waals surface area contributed by atoms with Crippen molar-refractivity contribution in [3.8, 4) is 22.4 Å². The molecule has 2 aromatic carbocycles. The number of hydrogen-bond donors (Lipinski definition) is 2. The number of fused-ring (bicyclic) bond motifs is 1. The minimum atomic E-state index is -0.347. The molecule has 0 saturated heterocycles. The van der Waals surface area contributed by atoms with E-state index in [1.165, 1.54) is 0 Å². The van der Waals surface area contributed by atoms with Crippen LogP contribution in [0, 0.1) is 0 Å². The lowest BCUT2D eigenvalue weighted by Crippen LogP contribution is -2.28. The summed E-state index contributed by atoms with van der Waals surface area (Å²) in [7, 11) is 0. The van der Waals surface area contributed by atoms with E-state index in [0.717, 1.165) is 38.7 Å². The van der Waals surface area contributed by atoms with Crippen LogP contribution in [0.25, 0.3) is 33.2 Å². The smallest absolute Gasteiger partial charge is 0.0662 e. The van der Waals surface area contributed by atoms with Crippen LogP contribution < -0.4 is 5.73 Å². The van der Waals surface area contributed by atoms with Gasteiger partial charge in [-0.25, -0.2) is 0 Å². The quantitative estimate of drug-likeness (QED) is 0.582. The van der Waals surface area contributed by atoms with Gasteiger partial charge in [0.25, 0.3) is 0 Å². The molecule has 3 N–H and O–H groups in total. The maximum Gasteiger partial charge on any atom is 0.0662 e. The Morgan fingerprint density at radius 1 is 0.920 bits per heavy atom. The van der Waals surface area contributed by atoms with E-state index in [2.05, 4.69) is 51.6 Å². The summed E-state index contributed by atoms with van der Waals surface area (Å²) in [6, 6.07) is 16.8. The zero-order chi connectivity index (χ0) is 17.4. The molecule has 0 saturated carbocycles. The zero-order valence-electron chi connectivity index (χ0n) is 14.3. The first kappa shape index (κ1) is 15.5. The molecule has 25 heavy (non-hydrogen) atoms. The summed E-state index contributed by atoms with van der Waals surface area (Å²) in [5, 5.41) is 9.49. The summed E-state index contributed by atoms with van der Waals surface area (Å²) in [5.41, 5.74) is 11.4. The summed E-state index contributed by atoms with van der Waals surface area (Å²) in [6.45, 7) is 4.03. The highest BCUT2D eigenvalue weighted by Gasteiger charge is 2.16. The van der Waals surface area contributed by atoms with Crippen LogP contribution >= 0.6 is 0 Å². The summed E-state index contributed by atoms with van der Waals surface area (Å²) in [4.78, 5) is 4.24. The predicted octanol–water partition coefficient (Wildman–Crippen LogP) is 4.49. The number of nitrogens with zero attached hydrogens (tertiary/aromatic N) is 2. The van der Waals surface area contributed by atoms with Crippen LogP contribution in [0.3, 0.4) is 0 Å². The summed E-state index contributed by atoms with van der Waals surface area (Å²) in [5.74, 6) is 0. The highest BCUT2D eigenvalue weighted by atomic mass is 15.1. The molecule has 0 bridgehead atoms. The van der Waals surface area contributed by atoms with E-state index in [9.17, 15) is 0 Å². The van der Waals surface area contributed by atoms with Crippen molar-refractivity contribution in [2.75, 3.05) is 0 Å². The molecule has 0 atom stereocenters. The van der Waals surface area contributed by atoms with Gasteiger partial charge in [0.15, 0.2) is 0 Å². The van der Waals surface area contributed by atoms with Gasteiger partial charge in [0.2, 0.25) is 0 Å². The Kier molecular flexibility index (Phi) is 3.62. The first-order valence-corrected chi connectivity index (χ1v) is 8.30. The van der Waals surface area contributed by atoms with Gasteiger partial charge in [-0.2, -0.15) is 5.10 Å². The van der Waals surface area contributed by atoms with Gasteiger partial charge in [0.1, 0.15) is 0 Å². The standard InChI is InChI=1S/C21H20N4/c1-21(2,22)16-6-3-14(4-7-16)17-8-5-15-13-23-11-9-18(15)20(17)19-10-12-24-25-19/h3-13H,22H2,1-2H3,(H,24,25). The fraction of sp³-hybridized carbons (Fsp3) is 0.143. The maximum atomic E-state index is 6.21. The van der Waals surface area contributed by atoms with Crippen LogP contribution in [-0.2, 0) is 5.54 Å². The Balaban J connectivity index is 1.94. The lowest BCUT2D eigenvalue weighted by atomic mass is 9.90. The van der Waals surface area contributed by atoms with Crippen LogP contribution in [0.1, 0.15) is 19.4 Å². The van der Waals surface area contributed by atoms with E-state index in [0.29, 0.717) is 0 Å². The zero-order valence-corrected chi connectivity index (χ0v) is 14.3. The van der Waals surface area contributed by atoms with Crippen LogP contribution in [0.4, 0.5) is 0 Å². The van der Waals surface area contributed by atoms with Crippen LogP contribution in [0.5, 0.6) is 0 Å². The molecular weight excluding hydrogens is 308 g/mol. The summed E-state index contributed by atoms with van der Waals surface area (Å²) >= 11 is 0. The molecule has 4 nitrogen and oxygen atoms in total. The largest absolute Gasteiger partial charge is 0.322 e. The SMILES string of the molecule is CC(C)(N)c1ccc(-c2ccc3cnccc3c2-c2ccn[nH]2)cc1. The first-order valence-electron chi connectivity index (χ1n) is 8.30. The third-order valence-electron chi connectivity index (χ3n) is 4.53. The Hall–Kier alpha value is -2.98. The molecule has 2 aromatic heterocycles. The molecule has 4 aromatic rings. The van der Waals surface area contributed by atoms with Gasteiger partial charge in [-0.05, 0) is 48.1 Å². The molecule has 0 aliphatic rings. The van der Waals surface area contributed by atoms with Crippen LogP contribution in [0.15, 0.2) is 67.1 Å².